The van der Waals surface area contributed by atoms with E-state index in [0.717, 1.165) is 12.2 Å². The van der Waals surface area contributed by atoms with E-state index in [4.69, 9.17) is 9.47 Å². The van der Waals surface area contributed by atoms with Gasteiger partial charge in [-0.25, -0.2) is 9.59 Å². The molecule has 0 spiro atoms. The minimum Gasteiger partial charge on any atom is -0.492 e. The van der Waals surface area contributed by atoms with Crippen LogP contribution in [0, 0.1) is 0 Å². The summed E-state index contributed by atoms with van der Waals surface area (Å²) in [6.45, 7) is 2.77. The van der Waals surface area contributed by atoms with Crippen LogP contribution in [0.25, 0.3) is 0 Å². The molecule has 0 saturated heterocycles. The van der Waals surface area contributed by atoms with Crippen LogP contribution in [0.2, 0.25) is 0 Å². The predicted octanol–water partition coefficient (Wildman–Crippen LogP) is 3.24. The number of carbonyl (C=O) groups excluding carboxylic acids is 2. The number of hydrogen-bond acceptors (Lipinski definition) is 4. The number of anilines is 1. The molecule has 2 rings (SSSR count). The third-order valence-corrected chi connectivity index (χ3v) is 3.57. The molecule has 0 radical (unpaired) electrons. The molecule has 2 amide bonds. The zero-order valence-corrected chi connectivity index (χ0v) is 14.4. The van der Waals surface area contributed by atoms with Gasteiger partial charge in [0.25, 0.3) is 0 Å². The van der Waals surface area contributed by atoms with Gasteiger partial charge in [0, 0.05) is 0 Å². The normalized spacial score (nSPS) is 10.0. The van der Waals surface area contributed by atoms with Crippen LogP contribution >= 0.6 is 0 Å². The number of methoxy groups -OCH3 is 1. The molecule has 25 heavy (non-hydrogen) atoms. The summed E-state index contributed by atoms with van der Waals surface area (Å²) in [5.74, 6) is 0.255. The molecular formula is C19H22N2O4. The monoisotopic (exact) mass is 342 g/mol. The van der Waals surface area contributed by atoms with E-state index < -0.39 is 12.0 Å². The molecule has 2 aromatic rings. The number of nitrogens with one attached hydrogen (secondary N) is 2. The number of para-hydroxylation sites is 1. The van der Waals surface area contributed by atoms with Crippen LogP contribution in [-0.4, -0.2) is 32.3 Å². The molecule has 0 saturated carbocycles. The molecule has 0 aliphatic rings. The largest absolute Gasteiger partial charge is 0.492 e. The summed E-state index contributed by atoms with van der Waals surface area (Å²) >= 11 is 0. The first-order valence-electron chi connectivity index (χ1n) is 8.08. The number of benzene rings is 2. The van der Waals surface area contributed by atoms with Gasteiger partial charge in [-0.1, -0.05) is 31.2 Å². The molecule has 6 nitrogen and oxygen atoms in total. The zero-order valence-electron chi connectivity index (χ0n) is 14.4. The Balaban J connectivity index is 1.78. The van der Waals surface area contributed by atoms with E-state index in [-0.39, 0.29) is 0 Å². The molecule has 0 aromatic heterocycles. The minimum atomic E-state index is -0.505. The van der Waals surface area contributed by atoms with Crippen molar-refractivity contribution in [2.45, 2.75) is 13.3 Å². The SMILES string of the molecule is CCc1ccc(OCCNC(=O)Nc2ccccc2C(=O)OC)cc1. The van der Waals surface area contributed by atoms with Crippen molar-refractivity contribution in [3.05, 3.63) is 59.7 Å². The van der Waals surface area contributed by atoms with E-state index in [2.05, 4.69) is 17.6 Å². The Morgan fingerprint density at radius 3 is 2.44 bits per heavy atom. The van der Waals surface area contributed by atoms with Crippen LogP contribution in [0.3, 0.4) is 0 Å². The lowest BCUT2D eigenvalue weighted by Gasteiger charge is -2.11. The summed E-state index contributed by atoms with van der Waals surface area (Å²) < 4.78 is 10.3. The Morgan fingerprint density at radius 1 is 1.04 bits per heavy atom. The molecule has 132 valence electrons. The number of carbonyl (C=O) groups is 2. The second-order valence-electron chi connectivity index (χ2n) is 5.26. The number of ether oxygens (including phenoxy) is 2. The van der Waals surface area contributed by atoms with Crippen LogP contribution in [-0.2, 0) is 11.2 Å². The highest BCUT2D eigenvalue weighted by Crippen LogP contribution is 2.16. The first kappa shape index (κ1) is 18.3. The van der Waals surface area contributed by atoms with E-state index in [9.17, 15) is 9.59 Å². The second kappa shape index (κ2) is 9.32. The molecule has 0 fully saturated rings. The zero-order chi connectivity index (χ0) is 18.1. The standard InChI is InChI=1S/C19H22N2O4/c1-3-14-8-10-15(11-9-14)25-13-12-20-19(23)21-17-7-5-4-6-16(17)18(22)24-2/h4-11H,3,12-13H2,1-2H3,(H2,20,21,23). The smallest absolute Gasteiger partial charge is 0.339 e. The predicted molar refractivity (Wildman–Crippen MR) is 96.1 cm³/mol. The van der Waals surface area contributed by atoms with Gasteiger partial charge in [0.2, 0.25) is 0 Å². The van der Waals surface area contributed by atoms with Crippen molar-refractivity contribution >= 4 is 17.7 Å². The van der Waals surface area contributed by atoms with Crippen LogP contribution in [0.15, 0.2) is 48.5 Å². The summed E-state index contributed by atoms with van der Waals surface area (Å²) in [5, 5.41) is 5.31. The highest BCUT2D eigenvalue weighted by Gasteiger charge is 2.12. The van der Waals surface area contributed by atoms with Crippen molar-refractivity contribution < 1.29 is 19.1 Å². The number of rotatable bonds is 7. The van der Waals surface area contributed by atoms with Gasteiger partial charge < -0.3 is 20.1 Å². The third-order valence-electron chi connectivity index (χ3n) is 3.57. The van der Waals surface area contributed by atoms with Gasteiger partial charge in [-0.2, -0.15) is 0 Å². The molecular weight excluding hydrogens is 320 g/mol. The first-order chi connectivity index (χ1) is 12.1. The lowest BCUT2D eigenvalue weighted by atomic mass is 10.2. The maximum Gasteiger partial charge on any atom is 0.339 e. The molecule has 0 aliphatic heterocycles. The Morgan fingerprint density at radius 2 is 1.76 bits per heavy atom. The fraction of sp³-hybridized carbons (Fsp3) is 0.263. The lowest BCUT2D eigenvalue weighted by Crippen LogP contribution is -2.32. The summed E-state index contributed by atoms with van der Waals surface area (Å²) in [7, 11) is 1.30. The van der Waals surface area contributed by atoms with Crippen molar-refractivity contribution in [1.29, 1.82) is 0 Å². The summed E-state index contributed by atoms with van der Waals surface area (Å²) in [4.78, 5) is 23.6. The number of aryl methyl sites for hydroxylation is 1. The fourth-order valence-electron chi connectivity index (χ4n) is 2.20. The fourth-order valence-corrected chi connectivity index (χ4v) is 2.20. The van der Waals surface area contributed by atoms with Crippen molar-refractivity contribution in [1.82, 2.24) is 5.32 Å². The van der Waals surface area contributed by atoms with E-state index in [1.165, 1.54) is 12.7 Å². The van der Waals surface area contributed by atoms with Crippen LogP contribution in [0.1, 0.15) is 22.8 Å². The summed E-state index contributed by atoms with van der Waals surface area (Å²) in [5.41, 5.74) is 1.93. The van der Waals surface area contributed by atoms with Gasteiger partial charge in [-0.15, -0.1) is 0 Å². The van der Waals surface area contributed by atoms with E-state index in [1.54, 1.807) is 24.3 Å². The number of amides is 2. The van der Waals surface area contributed by atoms with Crippen molar-refractivity contribution in [2.75, 3.05) is 25.6 Å². The van der Waals surface area contributed by atoms with Crippen LogP contribution in [0.4, 0.5) is 10.5 Å². The average molecular weight is 342 g/mol. The number of esters is 1. The van der Waals surface area contributed by atoms with Gasteiger partial charge in [0.1, 0.15) is 12.4 Å². The molecule has 0 atom stereocenters. The summed E-state index contributed by atoms with van der Waals surface area (Å²) in [6.07, 6.45) is 0.981. The molecule has 0 unspecified atom stereocenters. The summed E-state index contributed by atoms with van der Waals surface area (Å²) in [6, 6.07) is 14.1. The van der Waals surface area contributed by atoms with Crippen molar-refractivity contribution in [3.8, 4) is 5.75 Å². The molecule has 0 aliphatic carbocycles. The highest BCUT2D eigenvalue weighted by atomic mass is 16.5. The quantitative estimate of drug-likeness (QED) is 0.598. The molecule has 0 bridgehead atoms. The Kier molecular flexibility index (Phi) is 6.83. The van der Waals surface area contributed by atoms with Crippen LogP contribution in [0.5, 0.6) is 5.75 Å². The van der Waals surface area contributed by atoms with Crippen molar-refractivity contribution in [3.63, 3.8) is 0 Å². The minimum absolute atomic E-state index is 0.299. The Bertz CT molecular complexity index is 714. The van der Waals surface area contributed by atoms with Gasteiger partial charge in [0.15, 0.2) is 0 Å². The first-order valence-corrected chi connectivity index (χ1v) is 8.08. The third kappa shape index (κ3) is 5.53. The Labute approximate surface area is 147 Å². The topological polar surface area (TPSA) is 76.7 Å². The van der Waals surface area contributed by atoms with Gasteiger partial charge in [-0.3, -0.25) is 0 Å². The second-order valence-corrected chi connectivity index (χ2v) is 5.26. The lowest BCUT2D eigenvalue weighted by molar-refractivity contribution is 0.0602. The maximum absolute atomic E-state index is 11.9. The van der Waals surface area contributed by atoms with Crippen molar-refractivity contribution in [2.24, 2.45) is 0 Å². The number of urea groups is 1. The maximum atomic E-state index is 11.9. The van der Waals surface area contributed by atoms with Crippen LogP contribution < -0.4 is 15.4 Å². The van der Waals surface area contributed by atoms with Gasteiger partial charge in [-0.05, 0) is 36.2 Å². The molecule has 2 aromatic carbocycles. The molecule has 0 heterocycles. The average Bonchev–Trinajstić information content (AvgIpc) is 2.65. The van der Waals surface area contributed by atoms with E-state index in [0.29, 0.717) is 24.4 Å². The van der Waals surface area contributed by atoms with E-state index in [1.807, 2.05) is 24.3 Å². The molecule has 6 heteroatoms. The van der Waals surface area contributed by atoms with E-state index >= 15 is 0 Å². The highest BCUT2D eigenvalue weighted by molar-refractivity contribution is 6.00. The van der Waals surface area contributed by atoms with Gasteiger partial charge >= 0.3 is 12.0 Å². The number of hydrogen-bond donors (Lipinski definition) is 2. The molecule has 2 N–H and O–H groups in total. The van der Waals surface area contributed by atoms with Gasteiger partial charge in [0.05, 0.1) is 24.9 Å². The Hall–Kier alpha value is -3.02.